The molecule has 0 amide bonds. The maximum absolute atomic E-state index is 10.8. The number of carbonyl (C=O) groups is 1. The van der Waals surface area contributed by atoms with E-state index in [1.54, 1.807) is 13.4 Å². The fraction of sp³-hybridized carbons (Fsp3) is 0.385. The first-order valence-electron chi connectivity index (χ1n) is 6.08. The number of nitrogens with one attached hydrogen (secondary N) is 1. The minimum absolute atomic E-state index is 0.0776. The van der Waals surface area contributed by atoms with Crippen molar-refractivity contribution in [1.29, 1.82) is 0 Å². The molecule has 0 fully saturated rings. The zero-order valence-electron chi connectivity index (χ0n) is 11.0. The zero-order chi connectivity index (χ0) is 14.0. The molecule has 1 aromatic carbocycles. The number of aliphatic carboxylic acids is 1. The molecule has 0 aliphatic rings. The van der Waals surface area contributed by atoms with Crippen LogP contribution in [0.4, 0.5) is 0 Å². The van der Waals surface area contributed by atoms with Gasteiger partial charge in [0.15, 0.2) is 0 Å². The summed E-state index contributed by atoms with van der Waals surface area (Å²) in [6.07, 6.45) is 1.67. The molecular formula is C13H18N4O2. The van der Waals surface area contributed by atoms with Gasteiger partial charge in [0.05, 0.1) is 23.8 Å². The summed E-state index contributed by atoms with van der Waals surface area (Å²) in [5.74, 6) is -0.897. The first-order valence-corrected chi connectivity index (χ1v) is 6.08. The molecule has 0 radical (unpaired) electrons. The van der Waals surface area contributed by atoms with Crippen molar-refractivity contribution in [3.63, 3.8) is 0 Å². The normalized spacial score (nSPS) is 14.5. The predicted molar refractivity (Wildman–Crippen MR) is 72.7 cm³/mol. The molecule has 1 aromatic heterocycles. The lowest BCUT2D eigenvalue weighted by Crippen LogP contribution is -2.37. The summed E-state index contributed by atoms with van der Waals surface area (Å²) < 4.78 is 1.94. The monoisotopic (exact) mass is 262 g/mol. The lowest BCUT2D eigenvalue weighted by molar-refractivity contribution is -0.137. The minimum Gasteiger partial charge on any atom is -0.481 e. The van der Waals surface area contributed by atoms with Crippen molar-refractivity contribution in [3.05, 3.63) is 30.1 Å². The fourth-order valence-electron chi connectivity index (χ4n) is 2.29. The SMILES string of the molecule is CNC(c1ccc2c(c1)ncn2C)C(N)CC(=O)O. The molecule has 0 saturated heterocycles. The van der Waals surface area contributed by atoms with Gasteiger partial charge in [-0.3, -0.25) is 4.79 Å². The van der Waals surface area contributed by atoms with Gasteiger partial charge in [0, 0.05) is 19.1 Å². The molecule has 2 unspecified atom stereocenters. The van der Waals surface area contributed by atoms with Gasteiger partial charge in [0.2, 0.25) is 0 Å². The minimum atomic E-state index is -0.897. The summed E-state index contributed by atoms with van der Waals surface area (Å²) in [5.41, 5.74) is 8.80. The Kier molecular flexibility index (Phi) is 3.82. The van der Waals surface area contributed by atoms with Gasteiger partial charge in [-0.25, -0.2) is 4.98 Å². The van der Waals surface area contributed by atoms with Crippen LogP contribution in [0, 0.1) is 0 Å². The standard InChI is InChI=1S/C13H18N4O2/c1-15-13(9(14)6-12(18)19)8-3-4-11-10(5-8)16-7-17(11)2/h3-5,7,9,13,15H,6,14H2,1-2H3,(H,18,19). The number of carboxylic acids is 1. The van der Waals surface area contributed by atoms with E-state index in [2.05, 4.69) is 10.3 Å². The molecule has 0 bridgehead atoms. The first-order chi connectivity index (χ1) is 9.02. The van der Waals surface area contributed by atoms with E-state index in [4.69, 9.17) is 10.8 Å². The Morgan fingerprint density at radius 3 is 2.95 bits per heavy atom. The summed E-state index contributed by atoms with van der Waals surface area (Å²) in [6.45, 7) is 0. The number of imidazole rings is 1. The van der Waals surface area contributed by atoms with E-state index in [1.807, 2.05) is 29.8 Å². The van der Waals surface area contributed by atoms with Crippen LogP contribution in [0.1, 0.15) is 18.0 Å². The number of likely N-dealkylation sites (N-methyl/N-ethyl adjacent to an activating group) is 1. The zero-order valence-corrected chi connectivity index (χ0v) is 11.0. The van der Waals surface area contributed by atoms with Gasteiger partial charge in [-0.15, -0.1) is 0 Å². The largest absolute Gasteiger partial charge is 0.481 e. The third kappa shape index (κ3) is 2.74. The molecule has 1 heterocycles. The Labute approximate surface area is 111 Å². The third-order valence-corrected chi connectivity index (χ3v) is 3.26. The number of benzene rings is 1. The van der Waals surface area contributed by atoms with Crippen LogP contribution in [0.3, 0.4) is 0 Å². The highest BCUT2D eigenvalue weighted by Crippen LogP contribution is 2.22. The maximum Gasteiger partial charge on any atom is 0.304 e. The number of rotatable bonds is 5. The Morgan fingerprint density at radius 1 is 1.58 bits per heavy atom. The molecule has 0 spiro atoms. The molecule has 0 saturated carbocycles. The fourth-order valence-corrected chi connectivity index (χ4v) is 2.29. The lowest BCUT2D eigenvalue weighted by atomic mass is 9.97. The van der Waals surface area contributed by atoms with Crippen molar-refractivity contribution in [2.45, 2.75) is 18.5 Å². The second-order valence-electron chi connectivity index (χ2n) is 4.63. The lowest BCUT2D eigenvalue weighted by Gasteiger charge is -2.22. The topological polar surface area (TPSA) is 93.2 Å². The number of aryl methyl sites for hydroxylation is 1. The van der Waals surface area contributed by atoms with Gasteiger partial charge >= 0.3 is 5.97 Å². The Hall–Kier alpha value is -1.92. The van der Waals surface area contributed by atoms with Crippen molar-refractivity contribution in [2.75, 3.05) is 7.05 Å². The molecule has 0 aliphatic carbocycles. The molecule has 102 valence electrons. The van der Waals surface area contributed by atoms with E-state index in [0.29, 0.717) is 0 Å². The van der Waals surface area contributed by atoms with Gasteiger partial charge in [-0.05, 0) is 24.7 Å². The van der Waals surface area contributed by atoms with Gasteiger partial charge in [-0.1, -0.05) is 6.07 Å². The summed E-state index contributed by atoms with van der Waals surface area (Å²) in [5, 5.41) is 11.9. The molecule has 19 heavy (non-hydrogen) atoms. The van der Waals surface area contributed by atoms with E-state index in [-0.39, 0.29) is 12.5 Å². The van der Waals surface area contributed by atoms with Crippen LogP contribution in [-0.4, -0.2) is 33.7 Å². The first kappa shape index (κ1) is 13.5. The molecule has 4 N–H and O–H groups in total. The van der Waals surface area contributed by atoms with Crippen molar-refractivity contribution < 1.29 is 9.90 Å². The molecule has 6 nitrogen and oxygen atoms in total. The van der Waals surface area contributed by atoms with Crippen molar-refractivity contribution in [2.24, 2.45) is 12.8 Å². The van der Waals surface area contributed by atoms with Crippen LogP contribution in [-0.2, 0) is 11.8 Å². The van der Waals surface area contributed by atoms with Crippen LogP contribution in [0.25, 0.3) is 11.0 Å². The van der Waals surface area contributed by atoms with E-state index < -0.39 is 12.0 Å². The van der Waals surface area contributed by atoms with Gasteiger partial charge < -0.3 is 20.7 Å². The third-order valence-electron chi connectivity index (χ3n) is 3.26. The number of hydrogen-bond donors (Lipinski definition) is 3. The van der Waals surface area contributed by atoms with Gasteiger partial charge in [0.25, 0.3) is 0 Å². The van der Waals surface area contributed by atoms with Gasteiger partial charge in [-0.2, -0.15) is 0 Å². The van der Waals surface area contributed by atoms with Crippen molar-refractivity contribution in [3.8, 4) is 0 Å². The Morgan fingerprint density at radius 2 is 2.32 bits per heavy atom. The van der Waals surface area contributed by atoms with E-state index in [1.165, 1.54) is 0 Å². The summed E-state index contributed by atoms with van der Waals surface area (Å²) in [6, 6.07) is 5.17. The number of nitrogens with zero attached hydrogens (tertiary/aromatic N) is 2. The molecule has 0 aliphatic heterocycles. The number of carboxylic acid groups (broad SMARTS) is 1. The number of fused-ring (bicyclic) bond motifs is 1. The Bertz CT molecular complexity index is 593. The van der Waals surface area contributed by atoms with E-state index in [9.17, 15) is 4.79 Å². The summed E-state index contributed by atoms with van der Waals surface area (Å²) in [4.78, 5) is 15.0. The van der Waals surface area contributed by atoms with Gasteiger partial charge in [0.1, 0.15) is 0 Å². The molecular weight excluding hydrogens is 244 g/mol. The second kappa shape index (κ2) is 5.38. The smallest absolute Gasteiger partial charge is 0.304 e. The molecule has 2 aromatic rings. The predicted octanol–water partition coefficient (Wildman–Crippen LogP) is 0.636. The van der Waals surface area contributed by atoms with Crippen LogP contribution in [0.2, 0.25) is 0 Å². The molecule has 2 atom stereocenters. The highest BCUT2D eigenvalue weighted by atomic mass is 16.4. The molecule has 2 rings (SSSR count). The number of nitrogens with two attached hydrogens (primary N) is 1. The summed E-state index contributed by atoms with van der Waals surface area (Å²) >= 11 is 0. The quantitative estimate of drug-likeness (QED) is 0.735. The van der Waals surface area contributed by atoms with E-state index >= 15 is 0 Å². The van der Waals surface area contributed by atoms with Crippen LogP contribution < -0.4 is 11.1 Å². The summed E-state index contributed by atoms with van der Waals surface area (Å²) in [7, 11) is 3.70. The van der Waals surface area contributed by atoms with Crippen molar-refractivity contribution in [1.82, 2.24) is 14.9 Å². The number of hydrogen-bond acceptors (Lipinski definition) is 4. The highest BCUT2D eigenvalue weighted by molar-refractivity contribution is 5.76. The van der Waals surface area contributed by atoms with E-state index in [0.717, 1.165) is 16.6 Å². The average molecular weight is 262 g/mol. The van der Waals surface area contributed by atoms with Crippen LogP contribution >= 0.6 is 0 Å². The highest BCUT2D eigenvalue weighted by Gasteiger charge is 2.21. The van der Waals surface area contributed by atoms with Crippen molar-refractivity contribution >= 4 is 17.0 Å². The average Bonchev–Trinajstić information content (AvgIpc) is 2.71. The van der Waals surface area contributed by atoms with Crippen LogP contribution in [0.15, 0.2) is 24.5 Å². The molecule has 6 heteroatoms. The Balaban J connectivity index is 2.32. The number of aromatic nitrogens is 2. The van der Waals surface area contributed by atoms with Crippen LogP contribution in [0.5, 0.6) is 0 Å². The second-order valence-corrected chi connectivity index (χ2v) is 4.63. The maximum atomic E-state index is 10.8.